The quantitative estimate of drug-likeness (QED) is 0.321. The minimum atomic E-state index is 0.349. The van der Waals surface area contributed by atoms with E-state index in [0.717, 1.165) is 25.6 Å². The fraction of sp³-hybridized carbons (Fsp3) is 0.917. The van der Waals surface area contributed by atoms with Gasteiger partial charge in [-0.25, -0.2) is 0 Å². The van der Waals surface area contributed by atoms with Crippen LogP contribution in [-0.4, -0.2) is 59.1 Å². The molecule has 0 spiro atoms. The summed E-state index contributed by atoms with van der Waals surface area (Å²) in [7, 11) is 0. The van der Waals surface area contributed by atoms with Crippen molar-refractivity contribution in [2.75, 3.05) is 26.2 Å². The summed E-state index contributed by atoms with van der Waals surface area (Å²) < 4.78 is 0. The van der Waals surface area contributed by atoms with E-state index in [1.165, 1.54) is 25.9 Å². The zero-order valence-electron chi connectivity index (χ0n) is 10.7. The molecule has 1 heterocycles. The van der Waals surface area contributed by atoms with Gasteiger partial charge in [0, 0.05) is 44.7 Å². The van der Waals surface area contributed by atoms with Crippen LogP contribution >= 0.6 is 0 Å². The zero-order valence-corrected chi connectivity index (χ0v) is 10.7. The Morgan fingerprint density at radius 3 is 2.47 bits per heavy atom. The molecule has 0 amide bonds. The number of amidine groups is 1. The predicted molar refractivity (Wildman–Crippen MR) is 68.3 cm³/mol. The maximum atomic E-state index is 8.64. The van der Waals surface area contributed by atoms with Gasteiger partial charge in [0.25, 0.3) is 0 Å². The van der Waals surface area contributed by atoms with Crippen molar-refractivity contribution in [3.05, 3.63) is 0 Å². The lowest BCUT2D eigenvalue weighted by Crippen LogP contribution is -2.51. The second kappa shape index (κ2) is 5.69. The van der Waals surface area contributed by atoms with Crippen molar-refractivity contribution in [1.29, 1.82) is 0 Å². The summed E-state index contributed by atoms with van der Waals surface area (Å²) in [5.74, 6) is 0.349. The number of rotatable bonds is 5. The Morgan fingerprint density at radius 1 is 1.35 bits per heavy atom. The molecule has 5 nitrogen and oxygen atoms in total. The molecule has 1 unspecified atom stereocenters. The molecule has 0 aromatic carbocycles. The number of nitrogens with zero attached hydrogens (tertiary/aromatic N) is 3. The van der Waals surface area contributed by atoms with Crippen molar-refractivity contribution in [2.45, 2.75) is 44.7 Å². The van der Waals surface area contributed by atoms with E-state index in [-0.39, 0.29) is 0 Å². The van der Waals surface area contributed by atoms with Crippen molar-refractivity contribution >= 4 is 5.84 Å². The van der Waals surface area contributed by atoms with Crippen LogP contribution in [0.3, 0.4) is 0 Å². The molecule has 2 fully saturated rings. The van der Waals surface area contributed by atoms with Gasteiger partial charge in [-0.1, -0.05) is 12.1 Å². The third-order valence-electron chi connectivity index (χ3n) is 3.97. The van der Waals surface area contributed by atoms with Crippen LogP contribution in [0.4, 0.5) is 0 Å². The molecule has 1 saturated heterocycles. The summed E-state index contributed by atoms with van der Waals surface area (Å²) in [5.41, 5.74) is 5.60. The van der Waals surface area contributed by atoms with Crippen molar-refractivity contribution in [1.82, 2.24) is 9.80 Å². The summed E-state index contributed by atoms with van der Waals surface area (Å²) in [6.45, 7) is 6.76. The Kier molecular flexibility index (Phi) is 4.23. The summed E-state index contributed by atoms with van der Waals surface area (Å²) in [5, 5.41) is 11.7. The van der Waals surface area contributed by atoms with Crippen molar-refractivity contribution in [2.24, 2.45) is 10.9 Å². The van der Waals surface area contributed by atoms with Crippen molar-refractivity contribution in [3.63, 3.8) is 0 Å². The van der Waals surface area contributed by atoms with Gasteiger partial charge >= 0.3 is 0 Å². The number of hydrogen-bond acceptors (Lipinski definition) is 4. The molecular formula is C12H24N4O. The third-order valence-corrected chi connectivity index (χ3v) is 3.97. The maximum Gasteiger partial charge on any atom is 0.140 e. The highest BCUT2D eigenvalue weighted by molar-refractivity contribution is 5.80. The highest BCUT2D eigenvalue weighted by Crippen LogP contribution is 2.28. The van der Waals surface area contributed by atoms with E-state index < -0.39 is 0 Å². The summed E-state index contributed by atoms with van der Waals surface area (Å²) in [4.78, 5) is 5.09. The van der Waals surface area contributed by atoms with Crippen LogP contribution in [0.15, 0.2) is 5.16 Å². The molecule has 98 valence electrons. The SMILES string of the molecule is CCC(CC(N)=NO)N1CCN(C2CC2)CC1. The fourth-order valence-corrected chi connectivity index (χ4v) is 2.72. The largest absolute Gasteiger partial charge is 0.409 e. The molecular weight excluding hydrogens is 216 g/mol. The summed E-state index contributed by atoms with van der Waals surface area (Å²) in [6.07, 6.45) is 4.51. The smallest absolute Gasteiger partial charge is 0.140 e. The average molecular weight is 240 g/mol. The highest BCUT2D eigenvalue weighted by atomic mass is 16.4. The first kappa shape index (κ1) is 12.6. The van der Waals surface area contributed by atoms with E-state index in [1.807, 2.05) is 0 Å². The van der Waals surface area contributed by atoms with Crippen LogP contribution in [0.1, 0.15) is 32.6 Å². The van der Waals surface area contributed by atoms with Gasteiger partial charge in [-0.3, -0.25) is 9.80 Å². The van der Waals surface area contributed by atoms with Crippen LogP contribution in [0, 0.1) is 0 Å². The Hall–Kier alpha value is -0.810. The zero-order chi connectivity index (χ0) is 12.3. The third kappa shape index (κ3) is 3.33. The number of hydrogen-bond donors (Lipinski definition) is 2. The molecule has 2 rings (SSSR count). The van der Waals surface area contributed by atoms with E-state index in [0.29, 0.717) is 18.3 Å². The monoisotopic (exact) mass is 240 g/mol. The summed E-state index contributed by atoms with van der Waals surface area (Å²) >= 11 is 0. The summed E-state index contributed by atoms with van der Waals surface area (Å²) in [6, 6.07) is 1.30. The van der Waals surface area contributed by atoms with Crippen LogP contribution in [0.2, 0.25) is 0 Å². The first-order valence-electron chi connectivity index (χ1n) is 6.69. The van der Waals surface area contributed by atoms with Gasteiger partial charge in [0.15, 0.2) is 0 Å². The van der Waals surface area contributed by atoms with E-state index in [2.05, 4.69) is 21.9 Å². The minimum absolute atomic E-state index is 0.349. The molecule has 5 heteroatoms. The predicted octanol–water partition coefficient (Wildman–Crippen LogP) is 0.682. The molecule has 1 aliphatic carbocycles. The Labute approximate surface area is 103 Å². The Bertz CT molecular complexity index is 270. The van der Waals surface area contributed by atoms with Crippen LogP contribution < -0.4 is 5.73 Å². The van der Waals surface area contributed by atoms with Gasteiger partial charge in [0.1, 0.15) is 5.84 Å². The number of nitrogens with two attached hydrogens (primary N) is 1. The standard InChI is InChI=1S/C12H24N4O/c1-2-10(9-12(13)14-17)15-5-7-16(8-6-15)11-3-4-11/h10-11,17H,2-9H2,1H3,(H2,13,14). The molecule has 1 aliphatic heterocycles. The van der Waals surface area contributed by atoms with Gasteiger partial charge in [0.2, 0.25) is 0 Å². The van der Waals surface area contributed by atoms with E-state index in [9.17, 15) is 0 Å². The number of piperazine rings is 1. The van der Waals surface area contributed by atoms with Gasteiger partial charge in [0.05, 0.1) is 0 Å². The second-order valence-electron chi connectivity index (χ2n) is 5.16. The lowest BCUT2D eigenvalue weighted by molar-refractivity contribution is 0.0914. The van der Waals surface area contributed by atoms with Crippen LogP contribution in [0.5, 0.6) is 0 Å². The first-order chi connectivity index (χ1) is 8.24. The molecule has 17 heavy (non-hydrogen) atoms. The molecule has 1 atom stereocenters. The average Bonchev–Trinajstić information content (AvgIpc) is 3.20. The molecule has 0 aromatic heterocycles. The molecule has 0 radical (unpaired) electrons. The Morgan fingerprint density at radius 2 is 2.00 bits per heavy atom. The van der Waals surface area contributed by atoms with Gasteiger partial charge in [-0.15, -0.1) is 0 Å². The fourth-order valence-electron chi connectivity index (χ4n) is 2.72. The van der Waals surface area contributed by atoms with Crippen molar-refractivity contribution < 1.29 is 5.21 Å². The van der Waals surface area contributed by atoms with Gasteiger partial charge in [-0.2, -0.15) is 0 Å². The molecule has 3 N–H and O–H groups in total. The van der Waals surface area contributed by atoms with Gasteiger partial charge in [-0.05, 0) is 19.3 Å². The van der Waals surface area contributed by atoms with Crippen LogP contribution in [-0.2, 0) is 0 Å². The normalized spacial score (nSPS) is 26.1. The maximum absolute atomic E-state index is 8.64. The highest BCUT2D eigenvalue weighted by Gasteiger charge is 2.32. The van der Waals surface area contributed by atoms with E-state index in [1.54, 1.807) is 0 Å². The molecule has 1 saturated carbocycles. The minimum Gasteiger partial charge on any atom is -0.409 e. The molecule has 0 aromatic rings. The van der Waals surface area contributed by atoms with E-state index >= 15 is 0 Å². The number of oxime groups is 1. The lowest BCUT2D eigenvalue weighted by Gasteiger charge is -2.39. The van der Waals surface area contributed by atoms with E-state index in [4.69, 9.17) is 10.9 Å². The lowest BCUT2D eigenvalue weighted by atomic mass is 10.1. The molecule has 0 bridgehead atoms. The second-order valence-corrected chi connectivity index (χ2v) is 5.16. The van der Waals surface area contributed by atoms with Crippen LogP contribution in [0.25, 0.3) is 0 Å². The van der Waals surface area contributed by atoms with Gasteiger partial charge < -0.3 is 10.9 Å². The topological polar surface area (TPSA) is 65.1 Å². The Balaban J connectivity index is 1.80. The first-order valence-corrected chi connectivity index (χ1v) is 6.69. The molecule has 2 aliphatic rings. The van der Waals surface area contributed by atoms with Crippen molar-refractivity contribution in [3.8, 4) is 0 Å².